The standard InChI is InChI=1S/C16H33NO2Si/c1-15(2,3)14(18)17-10-9-13(11-17)19-12-20(7,8)16(4,5)6/h13H,9-12H2,1-8H3/t13-/m0/s1. The number of hydrogen-bond acceptors (Lipinski definition) is 2. The summed E-state index contributed by atoms with van der Waals surface area (Å²) in [5, 5.41) is 0.354. The van der Waals surface area contributed by atoms with E-state index in [-0.39, 0.29) is 17.4 Å². The SMILES string of the molecule is CC(C)(C)C(=O)N1CC[C@H](OC[Si](C)(C)C(C)(C)C)C1. The molecule has 0 spiro atoms. The second-order valence-corrected chi connectivity index (χ2v) is 14.4. The fourth-order valence-electron chi connectivity index (χ4n) is 2.07. The lowest BCUT2D eigenvalue weighted by Gasteiger charge is -2.37. The van der Waals surface area contributed by atoms with Crippen molar-refractivity contribution in [1.29, 1.82) is 0 Å². The van der Waals surface area contributed by atoms with Crippen molar-refractivity contribution in [1.82, 2.24) is 4.90 Å². The molecule has 0 aliphatic carbocycles. The first-order valence-corrected chi connectivity index (χ1v) is 11.0. The van der Waals surface area contributed by atoms with Gasteiger partial charge in [0.05, 0.1) is 14.2 Å². The minimum atomic E-state index is -1.38. The molecule has 1 atom stereocenters. The Kier molecular flexibility index (Phi) is 5.13. The van der Waals surface area contributed by atoms with Crippen molar-refractivity contribution in [2.45, 2.75) is 72.2 Å². The van der Waals surface area contributed by atoms with Crippen molar-refractivity contribution in [3.8, 4) is 0 Å². The van der Waals surface area contributed by atoms with E-state index in [1.807, 2.05) is 25.7 Å². The molecule has 1 fully saturated rings. The second-order valence-electron chi connectivity index (χ2n) is 8.86. The summed E-state index contributed by atoms with van der Waals surface area (Å²) in [5.41, 5.74) is -0.283. The van der Waals surface area contributed by atoms with Crippen molar-refractivity contribution >= 4 is 14.0 Å². The molecule has 1 rings (SSSR count). The highest BCUT2D eigenvalue weighted by molar-refractivity contribution is 6.80. The topological polar surface area (TPSA) is 29.5 Å². The molecule has 1 saturated heterocycles. The molecule has 0 bridgehead atoms. The van der Waals surface area contributed by atoms with Crippen LogP contribution in [0.25, 0.3) is 0 Å². The first kappa shape index (κ1) is 17.7. The molecule has 0 unspecified atom stereocenters. The summed E-state index contributed by atoms with van der Waals surface area (Å²) in [6.07, 6.45) is 2.10. The largest absolute Gasteiger partial charge is 0.380 e. The quantitative estimate of drug-likeness (QED) is 0.744. The van der Waals surface area contributed by atoms with Gasteiger partial charge < -0.3 is 9.64 Å². The molecule has 1 heterocycles. The highest BCUT2D eigenvalue weighted by Gasteiger charge is 2.38. The number of carbonyl (C=O) groups excluding carboxylic acids is 1. The van der Waals surface area contributed by atoms with Gasteiger partial charge in [-0.25, -0.2) is 0 Å². The van der Waals surface area contributed by atoms with Gasteiger partial charge in [0, 0.05) is 24.7 Å². The summed E-state index contributed by atoms with van der Waals surface area (Å²) in [4.78, 5) is 14.2. The molecule has 0 radical (unpaired) electrons. The number of ether oxygens (including phenoxy) is 1. The monoisotopic (exact) mass is 299 g/mol. The summed E-state index contributed by atoms with van der Waals surface area (Å²) >= 11 is 0. The minimum absolute atomic E-state index is 0.232. The Balaban J connectivity index is 2.49. The van der Waals surface area contributed by atoms with E-state index < -0.39 is 8.07 Å². The Morgan fingerprint density at radius 1 is 1.20 bits per heavy atom. The lowest BCUT2D eigenvalue weighted by atomic mass is 9.95. The average Bonchev–Trinajstić information content (AvgIpc) is 2.71. The number of likely N-dealkylation sites (tertiary alicyclic amines) is 1. The zero-order valence-corrected chi connectivity index (χ0v) is 15.7. The highest BCUT2D eigenvalue weighted by Crippen LogP contribution is 2.36. The molecule has 20 heavy (non-hydrogen) atoms. The van der Waals surface area contributed by atoms with Gasteiger partial charge in [-0.2, -0.15) is 0 Å². The lowest BCUT2D eigenvalue weighted by Crippen LogP contribution is -2.44. The Hall–Kier alpha value is -0.353. The highest BCUT2D eigenvalue weighted by atomic mass is 28.3. The van der Waals surface area contributed by atoms with E-state index >= 15 is 0 Å². The van der Waals surface area contributed by atoms with Crippen molar-refractivity contribution in [2.24, 2.45) is 5.41 Å². The maximum absolute atomic E-state index is 12.3. The average molecular weight is 300 g/mol. The van der Waals surface area contributed by atoms with Crippen LogP contribution in [0.3, 0.4) is 0 Å². The molecule has 1 aliphatic heterocycles. The van der Waals surface area contributed by atoms with E-state index in [1.54, 1.807) is 0 Å². The molecule has 0 N–H and O–H groups in total. The van der Waals surface area contributed by atoms with Crippen LogP contribution in [0.1, 0.15) is 48.0 Å². The molecule has 4 heteroatoms. The molecular weight excluding hydrogens is 266 g/mol. The Bertz CT molecular complexity index is 352. The van der Waals surface area contributed by atoms with E-state index in [4.69, 9.17) is 4.74 Å². The normalized spacial score (nSPS) is 21.4. The third-order valence-electron chi connectivity index (χ3n) is 4.78. The van der Waals surface area contributed by atoms with Crippen LogP contribution >= 0.6 is 0 Å². The minimum Gasteiger partial charge on any atom is -0.380 e. The predicted octanol–water partition coefficient (Wildman–Crippen LogP) is 3.70. The van der Waals surface area contributed by atoms with Crippen LogP contribution in [0.2, 0.25) is 18.1 Å². The summed E-state index contributed by atoms with van der Waals surface area (Å²) in [6.45, 7) is 19.3. The zero-order valence-electron chi connectivity index (χ0n) is 14.7. The van der Waals surface area contributed by atoms with E-state index in [2.05, 4.69) is 33.9 Å². The molecular formula is C16H33NO2Si. The van der Waals surface area contributed by atoms with E-state index in [9.17, 15) is 4.79 Å². The van der Waals surface area contributed by atoms with E-state index in [1.165, 1.54) is 0 Å². The number of hydrogen-bond donors (Lipinski definition) is 0. The van der Waals surface area contributed by atoms with Gasteiger partial charge in [0.25, 0.3) is 0 Å². The summed E-state index contributed by atoms with van der Waals surface area (Å²) in [7, 11) is -1.38. The van der Waals surface area contributed by atoms with Gasteiger partial charge in [-0.3, -0.25) is 4.79 Å². The Morgan fingerprint density at radius 2 is 1.75 bits per heavy atom. The van der Waals surface area contributed by atoms with E-state index in [0.717, 1.165) is 25.7 Å². The van der Waals surface area contributed by atoms with Gasteiger partial charge >= 0.3 is 0 Å². The third kappa shape index (κ3) is 4.32. The van der Waals surface area contributed by atoms with Crippen LogP contribution in [-0.2, 0) is 9.53 Å². The molecule has 0 saturated carbocycles. The first-order valence-electron chi connectivity index (χ1n) is 7.75. The molecule has 0 aromatic rings. The van der Waals surface area contributed by atoms with Crippen molar-refractivity contribution < 1.29 is 9.53 Å². The number of carbonyl (C=O) groups is 1. The van der Waals surface area contributed by atoms with Gasteiger partial charge in [-0.1, -0.05) is 54.6 Å². The van der Waals surface area contributed by atoms with E-state index in [0.29, 0.717) is 5.04 Å². The summed E-state index contributed by atoms with van der Waals surface area (Å²) in [6, 6.07) is 0. The van der Waals surface area contributed by atoms with Crippen LogP contribution in [0, 0.1) is 5.41 Å². The Labute approximate surface area is 126 Å². The summed E-state index contributed by atoms with van der Waals surface area (Å²) < 4.78 is 6.16. The van der Waals surface area contributed by atoms with Crippen LogP contribution in [0.5, 0.6) is 0 Å². The van der Waals surface area contributed by atoms with Gasteiger partial charge in [0.1, 0.15) is 0 Å². The smallest absolute Gasteiger partial charge is 0.228 e. The van der Waals surface area contributed by atoms with Crippen molar-refractivity contribution in [2.75, 3.05) is 19.3 Å². The van der Waals surface area contributed by atoms with Crippen molar-refractivity contribution in [3.05, 3.63) is 0 Å². The van der Waals surface area contributed by atoms with Gasteiger partial charge in [-0.15, -0.1) is 0 Å². The maximum atomic E-state index is 12.3. The zero-order chi connectivity index (χ0) is 15.8. The molecule has 0 aromatic heterocycles. The van der Waals surface area contributed by atoms with Crippen LogP contribution in [0.15, 0.2) is 0 Å². The molecule has 118 valence electrons. The second kappa shape index (κ2) is 5.80. The molecule has 3 nitrogen and oxygen atoms in total. The number of rotatable bonds is 3. The third-order valence-corrected chi connectivity index (χ3v) is 9.73. The fraction of sp³-hybridized carbons (Fsp3) is 0.938. The van der Waals surface area contributed by atoms with Crippen LogP contribution in [-0.4, -0.2) is 44.3 Å². The fourth-order valence-corrected chi connectivity index (χ4v) is 3.15. The molecule has 1 amide bonds. The van der Waals surface area contributed by atoms with Gasteiger partial charge in [-0.05, 0) is 11.5 Å². The van der Waals surface area contributed by atoms with Crippen molar-refractivity contribution in [3.63, 3.8) is 0 Å². The maximum Gasteiger partial charge on any atom is 0.228 e. The Morgan fingerprint density at radius 3 is 2.20 bits per heavy atom. The molecule has 0 aromatic carbocycles. The van der Waals surface area contributed by atoms with Crippen LogP contribution < -0.4 is 0 Å². The number of nitrogens with zero attached hydrogens (tertiary/aromatic N) is 1. The van der Waals surface area contributed by atoms with Gasteiger partial charge in [0.2, 0.25) is 5.91 Å². The first-order chi connectivity index (χ1) is 8.84. The van der Waals surface area contributed by atoms with Gasteiger partial charge in [0.15, 0.2) is 0 Å². The lowest BCUT2D eigenvalue weighted by molar-refractivity contribution is -0.138. The number of amides is 1. The molecule has 1 aliphatic rings. The predicted molar refractivity (Wildman–Crippen MR) is 87.6 cm³/mol. The van der Waals surface area contributed by atoms with Crippen LogP contribution in [0.4, 0.5) is 0 Å². The summed E-state index contributed by atoms with van der Waals surface area (Å²) in [5.74, 6) is 0.246.